The van der Waals surface area contributed by atoms with Crippen molar-refractivity contribution in [2.24, 2.45) is 0 Å². The molecule has 5 heteroatoms. The molecule has 1 N–H and O–H groups in total. The Kier molecular flexibility index (Phi) is 3.70. The van der Waals surface area contributed by atoms with Crippen LogP contribution >= 0.6 is 0 Å². The lowest BCUT2D eigenvalue weighted by molar-refractivity contribution is -0.111. The van der Waals surface area contributed by atoms with Gasteiger partial charge in [-0.25, -0.2) is 9.97 Å². The number of amides is 1. The number of allylic oxidation sites excluding steroid dienone is 1. The Morgan fingerprint density at radius 1 is 1.36 bits per heavy atom. The van der Waals surface area contributed by atoms with E-state index in [9.17, 15) is 4.79 Å². The molecule has 5 nitrogen and oxygen atoms in total. The van der Waals surface area contributed by atoms with Crippen LogP contribution in [-0.2, 0) is 4.79 Å². The number of carbonyl (C=O) groups excluding carboxylic acids is 1. The fraction of sp³-hybridized carbons (Fsp3) is 0.118. The zero-order chi connectivity index (χ0) is 15.5. The van der Waals surface area contributed by atoms with Crippen LogP contribution in [0.5, 0.6) is 0 Å². The molecule has 22 heavy (non-hydrogen) atoms. The van der Waals surface area contributed by atoms with Crippen molar-refractivity contribution in [2.45, 2.75) is 13.8 Å². The average Bonchev–Trinajstić information content (AvgIpc) is 2.93. The second-order valence-corrected chi connectivity index (χ2v) is 4.97. The summed E-state index contributed by atoms with van der Waals surface area (Å²) in [6.07, 6.45) is 8.75. The Morgan fingerprint density at radius 2 is 2.23 bits per heavy atom. The monoisotopic (exact) mass is 292 g/mol. The summed E-state index contributed by atoms with van der Waals surface area (Å²) in [6, 6.07) is 7.75. The van der Waals surface area contributed by atoms with Crippen LogP contribution in [0.4, 0.5) is 5.69 Å². The molecule has 2 heterocycles. The summed E-state index contributed by atoms with van der Waals surface area (Å²) < 4.78 is 1.87. The van der Waals surface area contributed by atoms with Crippen molar-refractivity contribution in [3.05, 3.63) is 60.6 Å². The molecule has 0 radical (unpaired) electrons. The van der Waals surface area contributed by atoms with E-state index in [1.54, 1.807) is 12.3 Å². The van der Waals surface area contributed by atoms with Gasteiger partial charge in [-0.1, -0.05) is 18.2 Å². The SMILES string of the molecule is CC=CC(=O)Nc1cc(-c2cn3cccnc3n2)ccc1C. The third-order valence-corrected chi connectivity index (χ3v) is 3.34. The van der Waals surface area contributed by atoms with Crippen LogP contribution < -0.4 is 5.32 Å². The van der Waals surface area contributed by atoms with Gasteiger partial charge in [0.2, 0.25) is 11.7 Å². The van der Waals surface area contributed by atoms with E-state index in [1.165, 1.54) is 6.08 Å². The molecule has 0 aliphatic heterocycles. The Bertz CT molecular complexity index is 831. The quantitative estimate of drug-likeness (QED) is 0.754. The minimum Gasteiger partial charge on any atom is -0.322 e. The molecule has 0 aliphatic carbocycles. The summed E-state index contributed by atoms with van der Waals surface area (Å²) in [5.74, 6) is 0.511. The van der Waals surface area contributed by atoms with Crippen LogP contribution in [0, 0.1) is 6.92 Å². The van der Waals surface area contributed by atoms with Gasteiger partial charge in [0.1, 0.15) is 0 Å². The van der Waals surface area contributed by atoms with E-state index in [0.29, 0.717) is 5.78 Å². The molecule has 0 fully saturated rings. The van der Waals surface area contributed by atoms with Gasteiger partial charge in [0.05, 0.1) is 5.69 Å². The summed E-state index contributed by atoms with van der Waals surface area (Å²) in [6.45, 7) is 3.77. The molecule has 0 saturated carbocycles. The Balaban J connectivity index is 1.99. The molecule has 110 valence electrons. The maximum Gasteiger partial charge on any atom is 0.248 e. The highest BCUT2D eigenvalue weighted by molar-refractivity contribution is 6.00. The Hall–Kier alpha value is -2.95. The molecule has 0 bridgehead atoms. The normalized spacial score (nSPS) is 11.2. The number of fused-ring (bicyclic) bond motifs is 1. The zero-order valence-corrected chi connectivity index (χ0v) is 12.4. The molecular weight excluding hydrogens is 276 g/mol. The highest BCUT2D eigenvalue weighted by Crippen LogP contribution is 2.25. The molecule has 3 rings (SSSR count). The van der Waals surface area contributed by atoms with E-state index < -0.39 is 0 Å². The standard InChI is InChI=1S/C17H16N4O/c1-3-5-16(22)19-14-10-13(7-6-12(14)2)15-11-21-9-4-8-18-17(21)20-15/h3-11H,1-2H3,(H,19,22). The molecule has 0 spiro atoms. The fourth-order valence-electron chi connectivity index (χ4n) is 2.21. The van der Waals surface area contributed by atoms with Gasteiger partial charge >= 0.3 is 0 Å². The maximum absolute atomic E-state index is 11.7. The summed E-state index contributed by atoms with van der Waals surface area (Å²) in [7, 11) is 0. The van der Waals surface area contributed by atoms with Gasteiger partial charge in [0.15, 0.2) is 0 Å². The van der Waals surface area contributed by atoms with E-state index in [4.69, 9.17) is 0 Å². The van der Waals surface area contributed by atoms with E-state index in [1.807, 2.05) is 54.9 Å². The number of imidazole rings is 1. The third kappa shape index (κ3) is 2.74. The molecule has 0 aliphatic rings. The van der Waals surface area contributed by atoms with Gasteiger partial charge in [-0.3, -0.25) is 9.20 Å². The van der Waals surface area contributed by atoms with E-state index in [-0.39, 0.29) is 5.91 Å². The molecule has 3 aromatic rings. The minimum absolute atomic E-state index is 0.139. The van der Waals surface area contributed by atoms with Crippen molar-refractivity contribution in [1.82, 2.24) is 14.4 Å². The number of hydrogen-bond acceptors (Lipinski definition) is 3. The third-order valence-electron chi connectivity index (χ3n) is 3.34. The molecule has 0 atom stereocenters. The number of aryl methyl sites for hydroxylation is 1. The molecule has 1 amide bonds. The number of nitrogens with zero attached hydrogens (tertiary/aromatic N) is 3. The second kappa shape index (κ2) is 5.81. The first-order valence-electron chi connectivity index (χ1n) is 7.02. The lowest BCUT2D eigenvalue weighted by Gasteiger charge is -2.08. The van der Waals surface area contributed by atoms with Gasteiger partial charge < -0.3 is 5.32 Å². The lowest BCUT2D eigenvalue weighted by Crippen LogP contribution is -2.08. The van der Waals surface area contributed by atoms with Crippen molar-refractivity contribution < 1.29 is 4.79 Å². The number of nitrogens with one attached hydrogen (secondary N) is 1. The highest BCUT2D eigenvalue weighted by atomic mass is 16.1. The number of anilines is 1. The fourth-order valence-corrected chi connectivity index (χ4v) is 2.21. The van der Waals surface area contributed by atoms with Crippen LogP contribution in [0.25, 0.3) is 17.0 Å². The average molecular weight is 292 g/mol. The minimum atomic E-state index is -0.139. The van der Waals surface area contributed by atoms with Gasteiger partial charge in [-0.2, -0.15) is 0 Å². The van der Waals surface area contributed by atoms with E-state index >= 15 is 0 Å². The largest absolute Gasteiger partial charge is 0.322 e. The summed E-state index contributed by atoms with van der Waals surface area (Å²) in [5, 5.41) is 2.88. The van der Waals surface area contributed by atoms with Crippen molar-refractivity contribution in [3.8, 4) is 11.3 Å². The smallest absolute Gasteiger partial charge is 0.248 e. The Morgan fingerprint density at radius 3 is 3.00 bits per heavy atom. The van der Waals surface area contributed by atoms with Crippen LogP contribution in [0.15, 0.2) is 55.0 Å². The van der Waals surface area contributed by atoms with Crippen LogP contribution in [-0.4, -0.2) is 20.3 Å². The van der Waals surface area contributed by atoms with Gasteiger partial charge in [-0.05, 0) is 37.6 Å². The molecule has 1 aromatic carbocycles. The van der Waals surface area contributed by atoms with Crippen LogP contribution in [0.3, 0.4) is 0 Å². The van der Waals surface area contributed by atoms with Gasteiger partial charge in [0, 0.05) is 29.8 Å². The summed E-state index contributed by atoms with van der Waals surface area (Å²) in [4.78, 5) is 20.4. The number of benzene rings is 1. The topological polar surface area (TPSA) is 59.3 Å². The van der Waals surface area contributed by atoms with Gasteiger partial charge in [-0.15, -0.1) is 0 Å². The first kappa shape index (κ1) is 14.0. The maximum atomic E-state index is 11.7. The van der Waals surface area contributed by atoms with Crippen molar-refractivity contribution in [3.63, 3.8) is 0 Å². The predicted octanol–water partition coefficient (Wildman–Crippen LogP) is 3.22. The number of rotatable bonds is 3. The van der Waals surface area contributed by atoms with Crippen LogP contribution in [0.2, 0.25) is 0 Å². The summed E-state index contributed by atoms with van der Waals surface area (Å²) in [5.41, 5.74) is 3.54. The highest BCUT2D eigenvalue weighted by Gasteiger charge is 2.08. The second-order valence-electron chi connectivity index (χ2n) is 4.97. The zero-order valence-electron chi connectivity index (χ0n) is 12.4. The van der Waals surface area contributed by atoms with Crippen molar-refractivity contribution >= 4 is 17.4 Å². The Labute approximate surface area is 128 Å². The number of hydrogen-bond donors (Lipinski definition) is 1. The first-order valence-corrected chi connectivity index (χ1v) is 7.02. The van der Waals surface area contributed by atoms with Gasteiger partial charge in [0.25, 0.3) is 0 Å². The molecule has 2 aromatic heterocycles. The first-order chi connectivity index (χ1) is 10.7. The van der Waals surface area contributed by atoms with E-state index in [2.05, 4.69) is 15.3 Å². The number of carbonyl (C=O) groups is 1. The lowest BCUT2D eigenvalue weighted by atomic mass is 10.1. The van der Waals surface area contributed by atoms with Crippen LogP contribution in [0.1, 0.15) is 12.5 Å². The number of aromatic nitrogens is 3. The molecular formula is C17H16N4O. The van der Waals surface area contributed by atoms with Crippen molar-refractivity contribution in [2.75, 3.05) is 5.32 Å². The summed E-state index contributed by atoms with van der Waals surface area (Å²) >= 11 is 0. The predicted molar refractivity (Wildman–Crippen MR) is 86.6 cm³/mol. The molecule has 0 unspecified atom stereocenters. The van der Waals surface area contributed by atoms with Crippen molar-refractivity contribution in [1.29, 1.82) is 0 Å². The van der Waals surface area contributed by atoms with E-state index in [0.717, 1.165) is 22.5 Å². The molecule has 0 saturated heterocycles.